The van der Waals surface area contributed by atoms with Crippen molar-refractivity contribution in [2.45, 2.75) is 114 Å². The molecule has 4 fully saturated rings. The number of nitrogens with zero attached hydrogens (tertiary/aromatic N) is 7. The maximum Gasteiger partial charge on any atom is 0.409 e. The van der Waals surface area contributed by atoms with E-state index in [-0.39, 0.29) is 68.6 Å². The van der Waals surface area contributed by atoms with Crippen molar-refractivity contribution in [2.24, 2.45) is 5.92 Å². The lowest BCUT2D eigenvalue weighted by Gasteiger charge is -2.38. The van der Waals surface area contributed by atoms with Crippen LogP contribution in [0, 0.1) is 5.92 Å². The molecule has 3 aliphatic carbocycles. The molecule has 15 nitrogen and oxygen atoms in total. The first-order valence-electron chi connectivity index (χ1n) is 27.4. The number of halogens is 1. The van der Waals surface area contributed by atoms with Crippen LogP contribution in [0.5, 0.6) is 0 Å². The maximum absolute atomic E-state index is 14.9. The summed E-state index contributed by atoms with van der Waals surface area (Å²) in [4.78, 5) is 74.9. The topological polar surface area (TPSA) is 161 Å². The van der Waals surface area contributed by atoms with E-state index >= 15 is 0 Å². The Balaban J connectivity index is 0.763. The van der Waals surface area contributed by atoms with E-state index in [4.69, 9.17) is 21.1 Å². The van der Waals surface area contributed by atoms with E-state index in [2.05, 4.69) is 61.2 Å². The SMILES string of the molecule is C[C@@H]1C[C@@H](O)c2ncnc(N3CCN(C(=O)[C@H](CN(CCNC(=O)CN4CCC(OC5CCN(C(=O)CC6CCCCC6)CC5)CC4)C(=O)OCC4c5ccccc5-c5ccccc54)c4ccc(Cl)cc4)CC3)c21. The molecular weight excluding hydrogens is 956 g/mol. The molecule has 3 aromatic carbocycles. The number of hydrogen-bond acceptors (Lipinski definition) is 11. The van der Waals surface area contributed by atoms with Crippen molar-refractivity contribution in [1.82, 2.24) is 34.9 Å². The number of benzene rings is 3. The van der Waals surface area contributed by atoms with Crippen LogP contribution >= 0.6 is 11.6 Å². The van der Waals surface area contributed by atoms with Gasteiger partial charge in [0.05, 0.1) is 36.5 Å². The Morgan fingerprint density at radius 3 is 2.11 bits per heavy atom. The van der Waals surface area contributed by atoms with Crippen molar-refractivity contribution in [1.29, 1.82) is 0 Å². The summed E-state index contributed by atoms with van der Waals surface area (Å²) in [5, 5.41) is 14.3. The van der Waals surface area contributed by atoms with Gasteiger partial charge in [-0.25, -0.2) is 14.8 Å². The minimum Gasteiger partial charge on any atom is -0.448 e. The van der Waals surface area contributed by atoms with Crippen LogP contribution in [0.4, 0.5) is 10.6 Å². The third kappa shape index (κ3) is 12.1. The minimum atomic E-state index is -0.752. The molecule has 1 saturated carbocycles. The molecule has 0 spiro atoms. The summed E-state index contributed by atoms with van der Waals surface area (Å²) in [5.74, 6) is 0.621. The van der Waals surface area contributed by atoms with E-state index in [1.54, 1.807) is 17.0 Å². The number of rotatable bonds is 16. The first kappa shape index (κ1) is 51.9. The van der Waals surface area contributed by atoms with Crippen LogP contribution in [-0.2, 0) is 23.9 Å². The van der Waals surface area contributed by atoms with Crippen LogP contribution in [-0.4, -0.2) is 156 Å². The normalized spacial score (nSPS) is 21.2. The number of carbonyl (C=O) groups is 4. The average Bonchev–Trinajstić information content (AvgIpc) is 3.91. The minimum absolute atomic E-state index is 0.0192. The largest absolute Gasteiger partial charge is 0.448 e. The zero-order valence-corrected chi connectivity index (χ0v) is 43.7. The molecule has 6 aliphatic rings. The van der Waals surface area contributed by atoms with Crippen LogP contribution in [0.2, 0.25) is 5.02 Å². The van der Waals surface area contributed by atoms with Gasteiger partial charge in [-0.05, 0) is 96.7 Å². The van der Waals surface area contributed by atoms with Crippen molar-refractivity contribution in [3.8, 4) is 11.1 Å². The lowest BCUT2D eigenvalue weighted by molar-refractivity contribution is -0.137. The van der Waals surface area contributed by atoms with Gasteiger partial charge in [0.25, 0.3) is 0 Å². The number of nitrogens with one attached hydrogen (secondary N) is 1. The Morgan fingerprint density at radius 1 is 0.784 bits per heavy atom. The molecular formula is C58H73ClN8O7. The maximum atomic E-state index is 14.9. The number of fused-ring (bicyclic) bond motifs is 4. The zero-order chi connectivity index (χ0) is 51.1. The Kier molecular flexibility index (Phi) is 16.8. The van der Waals surface area contributed by atoms with Gasteiger partial charge in [-0.2, -0.15) is 0 Å². The number of piperazine rings is 1. The molecule has 2 N–H and O–H groups in total. The number of ether oxygens (including phenoxy) is 2. The van der Waals surface area contributed by atoms with Crippen LogP contribution in [0.25, 0.3) is 11.1 Å². The molecule has 10 rings (SSSR count). The first-order chi connectivity index (χ1) is 36.1. The van der Waals surface area contributed by atoms with E-state index in [0.29, 0.717) is 61.6 Å². The summed E-state index contributed by atoms with van der Waals surface area (Å²) in [5.41, 5.74) is 6.82. The zero-order valence-electron chi connectivity index (χ0n) is 42.9. The molecule has 74 heavy (non-hydrogen) atoms. The summed E-state index contributed by atoms with van der Waals surface area (Å²) in [6.45, 7) is 7.71. The lowest BCUT2D eigenvalue weighted by Crippen LogP contribution is -2.52. The monoisotopic (exact) mass is 1030 g/mol. The summed E-state index contributed by atoms with van der Waals surface area (Å²) in [7, 11) is 0. The van der Waals surface area contributed by atoms with Crippen LogP contribution in [0.3, 0.4) is 0 Å². The third-order valence-corrected chi connectivity index (χ3v) is 17.0. The van der Waals surface area contributed by atoms with Gasteiger partial charge in [-0.1, -0.05) is 98.5 Å². The van der Waals surface area contributed by atoms with Gasteiger partial charge in [0.2, 0.25) is 17.7 Å². The van der Waals surface area contributed by atoms with Crippen molar-refractivity contribution in [3.05, 3.63) is 112 Å². The predicted molar refractivity (Wildman–Crippen MR) is 284 cm³/mol. The van der Waals surface area contributed by atoms with Gasteiger partial charge in [-0.15, -0.1) is 0 Å². The van der Waals surface area contributed by atoms with E-state index in [1.807, 2.05) is 41.3 Å². The molecule has 3 saturated heterocycles. The second-order valence-electron chi connectivity index (χ2n) is 21.6. The number of carbonyl (C=O) groups excluding carboxylic acids is 4. The van der Waals surface area contributed by atoms with E-state index in [9.17, 15) is 24.3 Å². The molecule has 0 unspecified atom stereocenters. The van der Waals surface area contributed by atoms with Crippen LogP contribution in [0.15, 0.2) is 79.1 Å². The molecule has 1 aromatic heterocycles. The smallest absolute Gasteiger partial charge is 0.409 e. The van der Waals surface area contributed by atoms with E-state index < -0.39 is 18.1 Å². The van der Waals surface area contributed by atoms with Gasteiger partial charge in [-0.3, -0.25) is 19.3 Å². The number of aliphatic hydroxyl groups excluding tert-OH is 1. The highest BCUT2D eigenvalue weighted by Crippen LogP contribution is 2.45. The van der Waals surface area contributed by atoms with E-state index in [1.165, 1.54) is 38.4 Å². The summed E-state index contributed by atoms with van der Waals surface area (Å²) in [6, 6.07) is 23.6. The number of hydrogen-bond donors (Lipinski definition) is 2. The van der Waals surface area contributed by atoms with Crippen molar-refractivity contribution < 1.29 is 33.8 Å². The fraction of sp³-hybridized carbons (Fsp3) is 0.552. The Bertz CT molecular complexity index is 2540. The van der Waals surface area contributed by atoms with Gasteiger partial charge < -0.3 is 39.5 Å². The summed E-state index contributed by atoms with van der Waals surface area (Å²) >= 11 is 6.39. The molecule has 0 radical (unpaired) electrons. The second kappa shape index (κ2) is 23.9. The highest BCUT2D eigenvalue weighted by molar-refractivity contribution is 6.30. The number of likely N-dealkylation sites (tertiary alicyclic amines) is 2. The number of piperidine rings is 2. The van der Waals surface area contributed by atoms with Crippen molar-refractivity contribution in [2.75, 3.05) is 90.0 Å². The third-order valence-electron chi connectivity index (χ3n) is 16.7. The first-order valence-corrected chi connectivity index (χ1v) is 27.8. The fourth-order valence-corrected chi connectivity index (χ4v) is 12.7. The van der Waals surface area contributed by atoms with Crippen molar-refractivity contribution in [3.63, 3.8) is 0 Å². The summed E-state index contributed by atoms with van der Waals surface area (Å²) in [6.07, 6.45) is 11.5. The Labute approximate surface area is 440 Å². The second-order valence-corrected chi connectivity index (χ2v) is 22.0. The molecule has 3 aliphatic heterocycles. The molecule has 0 bridgehead atoms. The fourth-order valence-electron chi connectivity index (χ4n) is 12.6. The molecule has 4 amide bonds. The molecule has 394 valence electrons. The molecule has 16 heteroatoms. The van der Waals surface area contributed by atoms with Gasteiger partial charge >= 0.3 is 6.09 Å². The standard InChI is InChI=1S/C58H73ClN8O7/c1-39-33-51(68)55-54(39)56(62-38-61-55)65-29-31-66(32-30-65)57(71)49(41-15-17-42(59)18-16-41)35-67(58(72)73-37-50-47-13-7-5-11-45(47)46-12-6-8-14-48(46)50)28-23-60-52(69)36-63-24-19-43(20-25-63)74-44-21-26-64(27-22-44)53(70)34-40-9-3-2-4-10-40/h5-8,11-18,38-40,43-44,49-51,68H,2-4,9-10,19-37H2,1H3,(H,60,69)/t39-,49-,51-/m1/s1. The number of aromatic nitrogens is 2. The quantitative estimate of drug-likeness (QED) is 0.112. The van der Waals surface area contributed by atoms with E-state index in [0.717, 1.165) is 91.1 Å². The predicted octanol–water partition coefficient (Wildman–Crippen LogP) is 7.91. The highest BCUT2D eigenvalue weighted by atomic mass is 35.5. The molecule has 3 atom stereocenters. The van der Waals surface area contributed by atoms with Crippen molar-refractivity contribution >= 4 is 41.2 Å². The average molecular weight is 1030 g/mol. The molecule has 4 aromatic rings. The van der Waals surface area contributed by atoms with Gasteiger partial charge in [0.15, 0.2) is 0 Å². The van der Waals surface area contributed by atoms with Crippen LogP contribution in [0.1, 0.15) is 129 Å². The highest BCUT2D eigenvalue weighted by Gasteiger charge is 2.37. The number of amides is 4. The summed E-state index contributed by atoms with van der Waals surface area (Å²) < 4.78 is 12.8. The van der Waals surface area contributed by atoms with Gasteiger partial charge in [0, 0.05) is 94.9 Å². The number of aliphatic hydroxyl groups is 1. The number of anilines is 1. The lowest BCUT2D eigenvalue weighted by atomic mass is 9.86. The van der Waals surface area contributed by atoms with Gasteiger partial charge in [0.1, 0.15) is 18.8 Å². The Hall–Kier alpha value is -5.61. The Morgan fingerprint density at radius 2 is 1.43 bits per heavy atom. The molecule has 4 heterocycles. The van der Waals surface area contributed by atoms with Crippen LogP contribution < -0.4 is 10.2 Å².